The lowest BCUT2D eigenvalue weighted by atomic mass is 10.0. The Balaban J connectivity index is 1.85. The van der Waals surface area contributed by atoms with Crippen LogP contribution in [0.15, 0.2) is 18.2 Å². The van der Waals surface area contributed by atoms with Crippen LogP contribution in [-0.4, -0.2) is 42.9 Å². The van der Waals surface area contributed by atoms with Gasteiger partial charge in [-0.15, -0.1) is 0 Å². The van der Waals surface area contributed by atoms with Crippen LogP contribution in [0, 0.1) is 0 Å². The molecule has 1 fully saturated rings. The predicted molar refractivity (Wildman–Crippen MR) is 78.3 cm³/mol. The number of H-pyrrole nitrogens is 1. The summed E-state index contributed by atoms with van der Waals surface area (Å²) in [5.41, 5.74) is 1.99. The first-order valence-corrected chi connectivity index (χ1v) is 7.16. The number of rotatable bonds is 5. The molecule has 0 radical (unpaired) electrons. The van der Waals surface area contributed by atoms with Gasteiger partial charge in [0.25, 0.3) is 0 Å². The average molecular weight is 275 g/mol. The van der Waals surface area contributed by atoms with Crippen LogP contribution in [0.1, 0.15) is 25.1 Å². The summed E-state index contributed by atoms with van der Waals surface area (Å²) in [6.07, 6.45) is 1.13. The summed E-state index contributed by atoms with van der Waals surface area (Å²) in [6, 6.07) is 6.25. The monoisotopic (exact) mass is 275 g/mol. The predicted octanol–water partition coefficient (Wildman–Crippen LogP) is 2.05. The van der Waals surface area contributed by atoms with E-state index < -0.39 is 0 Å². The van der Waals surface area contributed by atoms with Gasteiger partial charge in [0.15, 0.2) is 0 Å². The molecule has 2 N–H and O–H groups in total. The van der Waals surface area contributed by atoms with Crippen molar-refractivity contribution in [3.63, 3.8) is 0 Å². The highest BCUT2D eigenvalue weighted by molar-refractivity contribution is 5.76. The van der Waals surface area contributed by atoms with Crippen molar-refractivity contribution in [2.75, 3.05) is 26.9 Å². The number of nitrogens with one attached hydrogen (secondary N) is 2. The fourth-order valence-electron chi connectivity index (χ4n) is 2.67. The average Bonchev–Trinajstić information content (AvgIpc) is 3.09. The van der Waals surface area contributed by atoms with E-state index in [0.29, 0.717) is 12.0 Å². The molecule has 3 rings (SSSR count). The molecule has 0 aliphatic carbocycles. The molecule has 2 unspecified atom stereocenters. The molecule has 20 heavy (non-hydrogen) atoms. The zero-order valence-electron chi connectivity index (χ0n) is 12.0. The summed E-state index contributed by atoms with van der Waals surface area (Å²) >= 11 is 0. The SMILES string of the molecule is CCCNC1COCC1c1nc2ccc(OC)cc2[nH]1. The van der Waals surface area contributed by atoms with Gasteiger partial charge in [-0.1, -0.05) is 6.92 Å². The van der Waals surface area contributed by atoms with Crippen molar-refractivity contribution in [1.29, 1.82) is 0 Å². The third-order valence-electron chi connectivity index (χ3n) is 3.80. The Hall–Kier alpha value is -1.59. The standard InChI is InChI=1S/C15H21N3O2/c1-3-6-16-14-9-20-8-11(14)15-17-12-5-4-10(19-2)7-13(12)18-15/h4-5,7,11,14,16H,3,6,8-9H2,1-2H3,(H,17,18). The van der Waals surface area contributed by atoms with E-state index in [2.05, 4.69) is 17.2 Å². The second kappa shape index (κ2) is 5.81. The lowest BCUT2D eigenvalue weighted by Crippen LogP contribution is -2.35. The minimum atomic E-state index is 0.292. The summed E-state index contributed by atoms with van der Waals surface area (Å²) in [5.74, 6) is 2.13. The van der Waals surface area contributed by atoms with Gasteiger partial charge < -0.3 is 19.8 Å². The van der Waals surface area contributed by atoms with Gasteiger partial charge in [0.1, 0.15) is 11.6 Å². The molecule has 5 nitrogen and oxygen atoms in total. The molecule has 2 aromatic rings. The minimum absolute atomic E-state index is 0.292. The van der Waals surface area contributed by atoms with Crippen molar-refractivity contribution < 1.29 is 9.47 Å². The van der Waals surface area contributed by atoms with Crippen LogP contribution in [0.3, 0.4) is 0 Å². The van der Waals surface area contributed by atoms with Crippen LogP contribution in [0.2, 0.25) is 0 Å². The molecule has 1 aliphatic heterocycles. The van der Waals surface area contributed by atoms with Crippen molar-refractivity contribution in [3.8, 4) is 5.75 Å². The van der Waals surface area contributed by atoms with Crippen molar-refractivity contribution in [2.24, 2.45) is 0 Å². The summed E-state index contributed by atoms with van der Waals surface area (Å²) < 4.78 is 10.9. The fourth-order valence-corrected chi connectivity index (χ4v) is 2.67. The van der Waals surface area contributed by atoms with Gasteiger partial charge in [0, 0.05) is 12.1 Å². The van der Waals surface area contributed by atoms with Crippen LogP contribution in [0.25, 0.3) is 11.0 Å². The maximum absolute atomic E-state index is 5.61. The summed E-state index contributed by atoms with van der Waals surface area (Å²) in [4.78, 5) is 8.10. The number of ether oxygens (including phenoxy) is 2. The van der Waals surface area contributed by atoms with Gasteiger partial charge in [-0.2, -0.15) is 0 Å². The molecule has 108 valence electrons. The van der Waals surface area contributed by atoms with E-state index in [1.54, 1.807) is 7.11 Å². The summed E-state index contributed by atoms with van der Waals surface area (Å²) in [5, 5.41) is 3.54. The van der Waals surface area contributed by atoms with Gasteiger partial charge in [-0.25, -0.2) is 4.98 Å². The highest BCUT2D eigenvalue weighted by Crippen LogP contribution is 2.27. The van der Waals surface area contributed by atoms with Crippen LogP contribution < -0.4 is 10.1 Å². The van der Waals surface area contributed by atoms with Crippen molar-refractivity contribution in [1.82, 2.24) is 15.3 Å². The second-order valence-electron chi connectivity index (χ2n) is 5.21. The van der Waals surface area contributed by atoms with Crippen LogP contribution in [0.5, 0.6) is 5.75 Å². The molecule has 1 aliphatic rings. The minimum Gasteiger partial charge on any atom is -0.497 e. The van der Waals surface area contributed by atoms with Gasteiger partial charge in [-0.3, -0.25) is 0 Å². The normalized spacial score (nSPS) is 22.5. The van der Waals surface area contributed by atoms with Gasteiger partial charge in [0.05, 0.1) is 37.3 Å². The van der Waals surface area contributed by atoms with Crippen LogP contribution in [-0.2, 0) is 4.74 Å². The number of methoxy groups -OCH3 is 1. The third kappa shape index (κ3) is 2.51. The number of aromatic amines is 1. The molecule has 1 aromatic carbocycles. The first kappa shape index (κ1) is 13.4. The van der Waals surface area contributed by atoms with E-state index in [1.165, 1.54) is 0 Å². The molecule has 0 amide bonds. The number of benzene rings is 1. The highest BCUT2D eigenvalue weighted by atomic mass is 16.5. The number of fused-ring (bicyclic) bond motifs is 1. The molecular weight excluding hydrogens is 254 g/mol. The molecule has 1 aromatic heterocycles. The maximum Gasteiger partial charge on any atom is 0.121 e. The molecule has 0 bridgehead atoms. The summed E-state index contributed by atoms with van der Waals surface area (Å²) in [6.45, 7) is 4.66. The fraction of sp³-hybridized carbons (Fsp3) is 0.533. The van der Waals surface area contributed by atoms with Gasteiger partial charge in [-0.05, 0) is 25.1 Å². The quantitative estimate of drug-likeness (QED) is 0.877. The van der Waals surface area contributed by atoms with Gasteiger partial charge >= 0.3 is 0 Å². The Morgan fingerprint density at radius 2 is 2.35 bits per heavy atom. The number of imidazole rings is 1. The Morgan fingerprint density at radius 1 is 1.45 bits per heavy atom. The van der Waals surface area contributed by atoms with E-state index >= 15 is 0 Å². The summed E-state index contributed by atoms with van der Waals surface area (Å²) in [7, 11) is 1.67. The lowest BCUT2D eigenvalue weighted by Gasteiger charge is -2.16. The van der Waals surface area contributed by atoms with E-state index in [9.17, 15) is 0 Å². The Morgan fingerprint density at radius 3 is 3.15 bits per heavy atom. The molecule has 0 saturated carbocycles. The molecule has 2 heterocycles. The van der Waals surface area contributed by atoms with E-state index in [4.69, 9.17) is 14.5 Å². The van der Waals surface area contributed by atoms with E-state index in [0.717, 1.165) is 48.8 Å². The number of hydrogen-bond donors (Lipinski definition) is 2. The van der Waals surface area contributed by atoms with Crippen LogP contribution in [0.4, 0.5) is 0 Å². The lowest BCUT2D eigenvalue weighted by molar-refractivity contribution is 0.187. The number of hydrogen-bond acceptors (Lipinski definition) is 4. The number of aromatic nitrogens is 2. The maximum atomic E-state index is 5.61. The second-order valence-corrected chi connectivity index (χ2v) is 5.21. The van der Waals surface area contributed by atoms with E-state index in [1.807, 2.05) is 18.2 Å². The Labute approximate surface area is 118 Å². The molecule has 2 atom stereocenters. The van der Waals surface area contributed by atoms with E-state index in [-0.39, 0.29) is 0 Å². The van der Waals surface area contributed by atoms with Gasteiger partial charge in [0.2, 0.25) is 0 Å². The topological polar surface area (TPSA) is 59.2 Å². The van der Waals surface area contributed by atoms with Crippen molar-refractivity contribution >= 4 is 11.0 Å². The first-order valence-electron chi connectivity index (χ1n) is 7.16. The molecule has 1 saturated heterocycles. The van der Waals surface area contributed by atoms with Crippen molar-refractivity contribution in [3.05, 3.63) is 24.0 Å². The molecule has 0 spiro atoms. The zero-order valence-corrected chi connectivity index (χ0v) is 12.0. The zero-order chi connectivity index (χ0) is 13.9. The largest absolute Gasteiger partial charge is 0.497 e. The molecular formula is C15H21N3O2. The van der Waals surface area contributed by atoms with Crippen LogP contribution >= 0.6 is 0 Å². The number of nitrogens with zero attached hydrogens (tertiary/aromatic N) is 1. The first-order chi connectivity index (χ1) is 9.81. The third-order valence-corrected chi connectivity index (χ3v) is 3.80. The van der Waals surface area contributed by atoms with Crippen molar-refractivity contribution in [2.45, 2.75) is 25.3 Å². The smallest absolute Gasteiger partial charge is 0.121 e. The Bertz CT molecular complexity index is 582. The molecule has 5 heteroatoms. The highest BCUT2D eigenvalue weighted by Gasteiger charge is 2.31. The Kier molecular flexibility index (Phi) is 3.89.